The van der Waals surface area contributed by atoms with Gasteiger partial charge < -0.3 is 10.2 Å². The Morgan fingerprint density at radius 3 is 2.81 bits per heavy atom. The number of rotatable bonds is 2. The number of nitrogens with zero attached hydrogens (tertiary/aromatic N) is 2. The number of hydrogen-bond acceptors (Lipinski definition) is 4. The number of hydrogen-bond donors (Lipinski definition) is 2. The second-order valence-electron chi connectivity index (χ2n) is 10.1. The third kappa shape index (κ3) is 3.30. The Morgan fingerprint density at radius 1 is 1.13 bits per heavy atom. The molecule has 5 unspecified atom stereocenters. The van der Waals surface area contributed by atoms with Gasteiger partial charge in [-0.1, -0.05) is 24.4 Å². The van der Waals surface area contributed by atoms with Crippen molar-refractivity contribution in [1.29, 1.82) is 0 Å². The summed E-state index contributed by atoms with van der Waals surface area (Å²) in [4.78, 5) is 28.3. The van der Waals surface area contributed by atoms with E-state index in [1.54, 1.807) is 0 Å². The minimum absolute atomic E-state index is 0.0194. The SMILES string of the molecule is O=C1NC2CC(C(=O)N3CCc4cc(Cl)ccc43)CCC2C2C1CNN2C1CCCC1. The highest BCUT2D eigenvalue weighted by Gasteiger charge is 2.54. The van der Waals surface area contributed by atoms with Crippen LogP contribution in [0.25, 0.3) is 0 Å². The van der Waals surface area contributed by atoms with Crippen LogP contribution in [0, 0.1) is 17.8 Å². The molecule has 6 rings (SSSR count). The van der Waals surface area contributed by atoms with E-state index in [0.29, 0.717) is 12.0 Å². The Hall–Kier alpha value is -1.63. The molecule has 1 aromatic carbocycles. The summed E-state index contributed by atoms with van der Waals surface area (Å²) in [5.41, 5.74) is 5.76. The summed E-state index contributed by atoms with van der Waals surface area (Å²) < 4.78 is 0. The summed E-state index contributed by atoms with van der Waals surface area (Å²) in [5.74, 6) is 0.854. The molecule has 0 aromatic heterocycles. The highest BCUT2D eigenvalue weighted by Crippen LogP contribution is 2.43. The van der Waals surface area contributed by atoms with Gasteiger partial charge in [0.15, 0.2) is 0 Å². The number of halogens is 1. The van der Waals surface area contributed by atoms with E-state index >= 15 is 0 Å². The lowest BCUT2D eigenvalue weighted by Crippen LogP contribution is -2.62. The Morgan fingerprint density at radius 2 is 1.97 bits per heavy atom. The van der Waals surface area contributed by atoms with Crippen LogP contribution < -0.4 is 15.6 Å². The first-order chi connectivity index (χ1) is 15.1. The lowest BCUT2D eigenvalue weighted by atomic mass is 9.69. The van der Waals surface area contributed by atoms with Crippen molar-refractivity contribution >= 4 is 29.1 Å². The second kappa shape index (κ2) is 7.75. The van der Waals surface area contributed by atoms with Crippen LogP contribution in [0.1, 0.15) is 50.5 Å². The van der Waals surface area contributed by atoms with E-state index in [4.69, 9.17) is 11.6 Å². The molecule has 7 heteroatoms. The van der Waals surface area contributed by atoms with Gasteiger partial charge >= 0.3 is 0 Å². The van der Waals surface area contributed by atoms with Gasteiger partial charge in [-0.25, -0.2) is 5.01 Å². The van der Waals surface area contributed by atoms with E-state index in [1.165, 1.54) is 25.7 Å². The summed E-state index contributed by atoms with van der Waals surface area (Å²) in [6.07, 6.45) is 8.59. The van der Waals surface area contributed by atoms with Crippen LogP contribution in [-0.4, -0.2) is 48.0 Å². The number of nitrogens with one attached hydrogen (secondary N) is 2. The number of benzene rings is 1. The van der Waals surface area contributed by atoms with Gasteiger partial charge in [0.1, 0.15) is 0 Å². The standard InChI is InChI=1S/C24H31ClN4O2/c25-16-6-8-21-14(11-16)9-10-28(21)24(31)15-5-7-18-20(12-15)27-23(30)19-13-26-29(22(18)19)17-3-1-2-4-17/h6,8,11,15,17-20,22,26H,1-5,7,9-10,12-13H2,(H,27,30). The van der Waals surface area contributed by atoms with Crippen molar-refractivity contribution in [2.24, 2.45) is 17.8 Å². The van der Waals surface area contributed by atoms with Crippen molar-refractivity contribution in [3.63, 3.8) is 0 Å². The van der Waals surface area contributed by atoms with Crippen LogP contribution in [0.4, 0.5) is 5.69 Å². The lowest BCUT2D eigenvalue weighted by Gasteiger charge is -2.48. The summed E-state index contributed by atoms with van der Waals surface area (Å²) in [6.45, 7) is 1.49. The predicted molar refractivity (Wildman–Crippen MR) is 120 cm³/mol. The minimum Gasteiger partial charge on any atom is -0.353 e. The van der Waals surface area contributed by atoms with Crippen LogP contribution in [0.2, 0.25) is 5.02 Å². The van der Waals surface area contributed by atoms with Crippen molar-refractivity contribution in [2.45, 2.75) is 69.5 Å². The highest BCUT2D eigenvalue weighted by atomic mass is 35.5. The topological polar surface area (TPSA) is 64.7 Å². The zero-order valence-electron chi connectivity index (χ0n) is 17.9. The zero-order chi connectivity index (χ0) is 21.1. The molecule has 0 bridgehead atoms. The number of carbonyl (C=O) groups excluding carboxylic acids is 2. The molecule has 3 aliphatic heterocycles. The number of carbonyl (C=O) groups is 2. The first-order valence-electron chi connectivity index (χ1n) is 12.0. The van der Waals surface area contributed by atoms with Crippen LogP contribution >= 0.6 is 11.6 Å². The fourth-order valence-electron chi connectivity index (χ4n) is 7.03. The van der Waals surface area contributed by atoms with Gasteiger partial charge in [0.2, 0.25) is 11.8 Å². The normalized spacial score (nSPS) is 35.6. The maximum atomic E-state index is 13.5. The average Bonchev–Trinajstić information content (AvgIpc) is 3.51. The molecule has 1 aromatic rings. The van der Waals surface area contributed by atoms with Crippen molar-refractivity contribution < 1.29 is 9.59 Å². The third-order valence-electron chi connectivity index (χ3n) is 8.50. The summed E-state index contributed by atoms with van der Waals surface area (Å²) >= 11 is 6.14. The van der Waals surface area contributed by atoms with Crippen molar-refractivity contribution in [2.75, 3.05) is 18.0 Å². The molecule has 5 aliphatic rings. The molecule has 5 atom stereocenters. The van der Waals surface area contributed by atoms with Crippen molar-refractivity contribution in [3.8, 4) is 0 Å². The molecule has 6 nitrogen and oxygen atoms in total. The number of fused-ring (bicyclic) bond motifs is 4. The van der Waals surface area contributed by atoms with Gasteiger partial charge in [-0.2, -0.15) is 0 Å². The monoisotopic (exact) mass is 442 g/mol. The van der Waals surface area contributed by atoms with E-state index in [-0.39, 0.29) is 35.7 Å². The summed E-state index contributed by atoms with van der Waals surface area (Å²) in [5, 5.41) is 6.49. The summed E-state index contributed by atoms with van der Waals surface area (Å²) in [6, 6.07) is 6.78. The molecule has 166 valence electrons. The first kappa shape index (κ1) is 20.0. The molecule has 2 aliphatic carbocycles. The van der Waals surface area contributed by atoms with E-state index in [9.17, 15) is 9.59 Å². The quantitative estimate of drug-likeness (QED) is 0.739. The highest BCUT2D eigenvalue weighted by molar-refractivity contribution is 6.30. The fourth-order valence-corrected chi connectivity index (χ4v) is 7.23. The van der Waals surface area contributed by atoms with E-state index < -0.39 is 0 Å². The van der Waals surface area contributed by atoms with E-state index in [1.807, 2.05) is 23.1 Å². The molecule has 31 heavy (non-hydrogen) atoms. The lowest BCUT2D eigenvalue weighted by molar-refractivity contribution is -0.135. The molecule has 0 radical (unpaired) electrons. The van der Waals surface area contributed by atoms with Gasteiger partial charge in [0.05, 0.1) is 5.92 Å². The molecule has 3 heterocycles. The molecular formula is C24H31ClN4O2. The van der Waals surface area contributed by atoms with Crippen molar-refractivity contribution in [3.05, 3.63) is 28.8 Å². The minimum atomic E-state index is -0.0194. The summed E-state index contributed by atoms with van der Waals surface area (Å²) in [7, 11) is 0. The van der Waals surface area contributed by atoms with Crippen LogP contribution in [0.15, 0.2) is 18.2 Å². The Bertz CT molecular complexity index is 902. The molecule has 0 spiro atoms. The molecule has 2 saturated heterocycles. The van der Waals surface area contributed by atoms with E-state index in [0.717, 1.165) is 55.0 Å². The maximum Gasteiger partial charge on any atom is 0.230 e. The fraction of sp³-hybridized carbons (Fsp3) is 0.667. The molecule has 2 amide bonds. The second-order valence-corrected chi connectivity index (χ2v) is 10.5. The molecule has 2 N–H and O–H groups in total. The van der Waals surface area contributed by atoms with Gasteiger partial charge in [-0.15, -0.1) is 0 Å². The van der Waals surface area contributed by atoms with Crippen LogP contribution in [0.5, 0.6) is 0 Å². The average molecular weight is 443 g/mol. The molecular weight excluding hydrogens is 412 g/mol. The molecule has 4 fully saturated rings. The number of hydrazine groups is 1. The smallest absolute Gasteiger partial charge is 0.230 e. The van der Waals surface area contributed by atoms with Gasteiger partial charge in [-0.05, 0) is 68.2 Å². The zero-order valence-corrected chi connectivity index (χ0v) is 18.6. The first-order valence-corrected chi connectivity index (χ1v) is 12.4. The molecule has 2 saturated carbocycles. The maximum absolute atomic E-state index is 13.5. The Kier molecular flexibility index (Phi) is 5.00. The van der Waals surface area contributed by atoms with Crippen LogP contribution in [-0.2, 0) is 16.0 Å². The predicted octanol–water partition coefficient (Wildman–Crippen LogP) is 2.89. The van der Waals surface area contributed by atoms with Crippen molar-refractivity contribution in [1.82, 2.24) is 15.8 Å². The Balaban J connectivity index is 1.19. The number of anilines is 1. The number of piperidine rings is 1. The van der Waals surface area contributed by atoms with Crippen LogP contribution in [0.3, 0.4) is 0 Å². The van der Waals surface area contributed by atoms with Gasteiger partial charge in [0.25, 0.3) is 0 Å². The van der Waals surface area contributed by atoms with Gasteiger partial charge in [0, 0.05) is 47.8 Å². The van der Waals surface area contributed by atoms with E-state index in [2.05, 4.69) is 15.8 Å². The largest absolute Gasteiger partial charge is 0.353 e. The third-order valence-corrected chi connectivity index (χ3v) is 8.74. The van der Waals surface area contributed by atoms with Gasteiger partial charge in [-0.3, -0.25) is 15.0 Å². The number of amides is 2. The Labute approximate surface area is 188 Å².